The van der Waals surface area contributed by atoms with E-state index in [1.54, 1.807) is 0 Å². The highest BCUT2D eigenvalue weighted by atomic mass is 35.5. The Morgan fingerprint density at radius 2 is 1.67 bits per heavy atom. The molecule has 0 atom stereocenters. The van der Waals surface area contributed by atoms with Crippen LogP contribution in [0.1, 0.15) is 5.56 Å². The lowest BCUT2D eigenvalue weighted by Crippen LogP contribution is -2.42. The number of halogens is 1. The predicted octanol–water partition coefficient (Wildman–Crippen LogP) is 0.615. The Labute approximate surface area is 92.6 Å². The van der Waals surface area contributed by atoms with E-state index < -0.39 is 5.91 Å². The minimum absolute atomic E-state index is 0.175. The largest absolute Gasteiger partial charge is 0.273 e. The van der Waals surface area contributed by atoms with Gasteiger partial charge in [0.2, 0.25) is 5.91 Å². The molecule has 0 bridgehead atoms. The van der Waals surface area contributed by atoms with E-state index in [4.69, 9.17) is 11.6 Å². The van der Waals surface area contributed by atoms with E-state index in [0.29, 0.717) is 0 Å². The van der Waals surface area contributed by atoms with Crippen molar-refractivity contribution >= 4 is 23.4 Å². The maximum Gasteiger partial charge on any atom is 0.253 e. The van der Waals surface area contributed by atoms with Crippen LogP contribution in [0.5, 0.6) is 0 Å². The second-order valence-corrected chi connectivity index (χ2v) is 3.16. The minimum atomic E-state index is -0.432. The zero-order valence-corrected chi connectivity index (χ0v) is 8.75. The molecular formula is C10H11ClN2O2. The Bertz CT molecular complexity index is 341. The molecule has 2 amide bonds. The second kappa shape index (κ2) is 6.03. The fourth-order valence-corrected chi connectivity index (χ4v) is 1.07. The van der Waals surface area contributed by atoms with Crippen molar-refractivity contribution < 1.29 is 9.59 Å². The Hall–Kier alpha value is -1.55. The number of rotatable bonds is 3. The molecular weight excluding hydrogens is 216 g/mol. The quantitative estimate of drug-likeness (QED) is 0.586. The van der Waals surface area contributed by atoms with E-state index in [0.717, 1.165) is 5.56 Å². The van der Waals surface area contributed by atoms with Gasteiger partial charge in [-0.1, -0.05) is 30.3 Å². The molecule has 0 unspecified atom stereocenters. The molecule has 0 aliphatic rings. The van der Waals surface area contributed by atoms with Crippen molar-refractivity contribution in [2.75, 3.05) is 5.88 Å². The average Bonchev–Trinajstić information content (AvgIpc) is 2.27. The third-order valence-corrected chi connectivity index (χ3v) is 1.91. The molecule has 0 aromatic heterocycles. The number of carbonyl (C=O) groups is 2. The molecule has 0 saturated heterocycles. The number of carbonyl (C=O) groups excluding carboxylic acids is 2. The van der Waals surface area contributed by atoms with Gasteiger partial charge >= 0.3 is 0 Å². The van der Waals surface area contributed by atoms with Crippen LogP contribution in [-0.4, -0.2) is 17.7 Å². The summed E-state index contributed by atoms with van der Waals surface area (Å²) in [5.74, 6) is -0.885. The van der Waals surface area contributed by atoms with Crippen LogP contribution >= 0.6 is 11.6 Å². The van der Waals surface area contributed by atoms with Crippen LogP contribution < -0.4 is 10.9 Å². The molecule has 15 heavy (non-hydrogen) atoms. The van der Waals surface area contributed by atoms with Gasteiger partial charge in [-0.15, -0.1) is 11.6 Å². The van der Waals surface area contributed by atoms with Crippen molar-refractivity contribution in [3.63, 3.8) is 0 Å². The van der Waals surface area contributed by atoms with Crippen LogP contribution in [0.2, 0.25) is 0 Å². The zero-order valence-electron chi connectivity index (χ0n) is 8.00. The molecule has 0 spiro atoms. The van der Waals surface area contributed by atoms with Crippen molar-refractivity contribution in [3.05, 3.63) is 35.9 Å². The SMILES string of the molecule is O=C(CCl)NNC(=O)Cc1ccccc1. The minimum Gasteiger partial charge on any atom is -0.273 e. The molecule has 5 heteroatoms. The maximum atomic E-state index is 11.3. The third-order valence-electron chi connectivity index (χ3n) is 1.67. The molecule has 0 fully saturated rings. The molecule has 0 aliphatic carbocycles. The highest BCUT2D eigenvalue weighted by Crippen LogP contribution is 1.98. The van der Waals surface area contributed by atoms with E-state index in [9.17, 15) is 9.59 Å². The average molecular weight is 227 g/mol. The molecule has 0 saturated carbocycles. The molecule has 1 rings (SSSR count). The summed E-state index contributed by atoms with van der Waals surface area (Å²) in [6, 6.07) is 9.24. The van der Waals surface area contributed by atoms with Gasteiger partial charge in [0.25, 0.3) is 5.91 Å². The first-order valence-electron chi connectivity index (χ1n) is 4.40. The number of hydrogen-bond donors (Lipinski definition) is 2. The third kappa shape index (κ3) is 4.46. The Morgan fingerprint density at radius 1 is 1.07 bits per heavy atom. The highest BCUT2D eigenvalue weighted by Gasteiger charge is 2.03. The number of benzene rings is 1. The van der Waals surface area contributed by atoms with Gasteiger partial charge in [-0.25, -0.2) is 0 Å². The lowest BCUT2D eigenvalue weighted by Gasteiger charge is -2.05. The van der Waals surface area contributed by atoms with Crippen LogP contribution in [0.15, 0.2) is 30.3 Å². The number of hydrogen-bond acceptors (Lipinski definition) is 2. The van der Waals surface area contributed by atoms with Crippen molar-refractivity contribution in [3.8, 4) is 0 Å². The van der Waals surface area contributed by atoms with Gasteiger partial charge in [-0.05, 0) is 5.56 Å². The second-order valence-electron chi connectivity index (χ2n) is 2.89. The van der Waals surface area contributed by atoms with Gasteiger partial charge in [0.15, 0.2) is 0 Å². The van der Waals surface area contributed by atoms with Crippen molar-refractivity contribution in [1.82, 2.24) is 10.9 Å². The lowest BCUT2D eigenvalue weighted by molar-refractivity contribution is -0.127. The standard InChI is InChI=1S/C10H11ClN2O2/c11-7-10(15)13-12-9(14)6-8-4-2-1-3-5-8/h1-5H,6-7H2,(H,12,14)(H,13,15). The van der Waals surface area contributed by atoms with E-state index >= 15 is 0 Å². The molecule has 0 radical (unpaired) electrons. The molecule has 0 heterocycles. The lowest BCUT2D eigenvalue weighted by atomic mass is 10.1. The van der Waals surface area contributed by atoms with Gasteiger partial charge in [0, 0.05) is 0 Å². The number of alkyl halides is 1. The number of hydrazine groups is 1. The molecule has 4 nitrogen and oxygen atoms in total. The number of nitrogens with one attached hydrogen (secondary N) is 2. The normalized spacial score (nSPS) is 9.40. The topological polar surface area (TPSA) is 58.2 Å². The van der Waals surface area contributed by atoms with Crippen LogP contribution in [0.3, 0.4) is 0 Å². The van der Waals surface area contributed by atoms with Gasteiger partial charge in [0.1, 0.15) is 5.88 Å². The van der Waals surface area contributed by atoms with Crippen LogP contribution in [0.25, 0.3) is 0 Å². The summed E-state index contributed by atoms with van der Waals surface area (Å²) in [5.41, 5.74) is 5.33. The fraction of sp³-hybridized carbons (Fsp3) is 0.200. The van der Waals surface area contributed by atoms with Gasteiger partial charge < -0.3 is 0 Å². The van der Waals surface area contributed by atoms with Crippen LogP contribution in [-0.2, 0) is 16.0 Å². The molecule has 0 aliphatic heterocycles. The summed E-state index contributed by atoms with van der Waals surface area (Å²) in [7, 11) is 0. The predicted molar refractivity (Wildman–Crippen MR) is 57.2 cm³/mol. The van der Waals surface area contributed by atoms with Gasteiger partial charge in [-0.2, -0.15) is 0 Å². The zero-order chi connectivity index (χ0) is 11.1. The first kappa shape index (κ1) is 11.5. The molecule has 1 aromatic carbocycles. The van der Waals surface area contributed by atoms with E-state index in [1.165, 1.54) is 0 Å². The van der Waals surface area contributed by atoms with Crippen LogP contribution in [0.4, 0.5) is 0 Å². The van der Waals surface area contributed by atoms with Gasteiger partial charge in [0.05, 0.1) is 6.42 Å². The summed E-state index contributed by atoms with van der Waals surface area (Å²) in [4.78, 5) is 22.0. The summed E-state index contributed by atoms with van der Waals surface area (Å²) in [6.07, 6.45) is 0.226. The maximum absolute atomic E-state index is 11.3. The van der Waals surface area contributed by atoms with E-state index in [-0.39, 0.29) is 18.2 Å². The van der Waals surface area contributed by atoms with Crippen molar-refractivity contribution in [2.45, 2.75) is 6.42 Å². The summed E-state index contributed by atoms with van der Waals surface area (Å²) >= 11 is 5.23. The smallest absolute Gasteiger partial charge is 0.253 e. The monoisotopic (exact) mass is 226 g/mol. The Morgan fingerprint density at radius 3 is 2.27 bits per heavy atom. The van der Waals surface area contributed by atoms with Crippen molar-refractivity contribution in [1.29, 1.82) is 0 Å². The molecule has 80 valence electrons. The highest BCUT2D eigenvalue weighted by molar-refractivity contribution is 6.27. The molecule has 2 N–H and O–H groups in total. The van der Waals surface area contributed by atoms with Crippen LogP contribution in [0, 0.1) is 0 Å². The summed E-state index contributed by atoms with van der Waals surface area (Å²) < 4.78 is 0. The molecule has 1 aromatic rings. The van der Waals surface area contributed by atoms with E-state index in [1.807, 2.05) is 30.3 Å². The van der Waals surface area contributed by atoms with E-state index in [2.05, 4.69) is 10.9 Å². The summed E-state index contributed by atoms with van der Waals surface area (Å²) in [5, 5.41) is 0. The summed E-state index contributed by atoms with van der Waals surface area (Å²) in [6.45, 7) is 0. The Balaban J connectivity index is 2.34. The number of amides is 2. The fourth-order valence-electron chi connectivity index (χ4n) is 0.998. The first-order valence-corrected chi connectivity index (χ1v) is 4.93. The first-order chi connectivity index (χ1) is 7.22. The van der Waals surface area contributed by atoms with Gasteiger partial charge in [-0.3, -0.25) is 20.4 Å². The Kier molecular flexibility index (Phi) is 4.63. The van der Waals surface area contributed by atoms with Crippen molar-refractivity contribution in [2.24, 2.45) is 0 Å².